The molecule has 1 aromatic carbocycles. The number of rotatable bonds is 7. The Kier molecular flexibility index (Phi) is 6.67. The van der Waals surface area contributed by atoms with E-state index < -0.39 is 10.1 Å². The van der Waals surface area contributed by atoms with Crippen molar-refractivity contribution in [2.45, 2.75) is 27.3 Å². The molecule has 2 amide bonds. The van der Waals surface area contributed by atoms with Crippen LogP contribution in [0.15, 0.2) is 24.3 Å². The van der Waals surface area contributed by atoms with Crippen molar-refractivity contribution < 1.29 is 17.4 Å². The minimum absolute atomic E-state index is 0.134. The summed E-state index contributed by atoms with van der Waals surface area (Å²) in [5.41, 5.74) is 0.813. The highest BCUT2D eigenvalue weighted by Gasteiger charge is 2.15. The number of nitrogens with one attached hydrogen (secondary N) is 1. The molecule has 0 aromatic heterocycles. The highest BCUT2D eigenvalue weighted by Crippen LogP contribution is 2.17. The van der Waals surface area contributed by atoms with Crippen LogP contribution in [0.4, 0.5) is 4.79 Å². The normalized spacial score (nSPS) is 11.3. The Balaban J connectivity index is 2.88. The summed E-state index contributed by atoms with van der Waals surface area (Å²) in [6.45, 7) is 7.51. The van der Waals surface area contributed by atoms with Crippen LogP contribution in [0.3, 0.4) is 0 Å². The van der Waals surface area contributed by atoms with E-state index in [9.17, 15) is 13.2 Å². The van der Waals surface area contributed by atoms with Crippen molar-refractivity contribution in [1.29, 1.82) is 0 Å². The van der Waals surface area contributed by atoms with Gasteiger partial charge in [-0.25, -0.2) is 4.79 Å². The fraction of sp³-hybridized carbons (Fsp3) is 0.533. The fourth-order valence-electron chi connectivity index (χ4n) is 2.01. The van der Waals surface area contributed by atoms with Gasteiger partial charge in [0.25, 0.3) is 0 Å². The van der Waals surface area contributed by atoms with Crippen molar-refractivity contribution in [3.8, 4) is 5.75 Å². The van der Waals surface area contributed by atoms with Gasteiger partial charge in [-0.2, -0.15) is 8.42 Å². The summed E-state index contributed by atoms with van der Waals surface area (Å²) in [7, 11) is -3.56. The van der Waals surface area contributed by atoms with Gasteiger partial charge in [-0.3, -0.25) is 0 Å². The van der Waals surface area contributed by atoms with Crippen LogP contribution in [0.25, 0.3) is 0 Å². The van der Waals surface area contributed by atoms with Crippen LogP contribution in [0.5, 0.6) is 5.75 Å². The van der Waals surface area contributed by atoms with Crippen LogP contribution in [-0.2, 0) is 16.7 Å². The summed E-state index contributed by atoms with van der Waals surface area (Å²) < 4.78 is 27.2. The minimum Gasteiger partial charge on any atom is -0.383 e. The second kappa shape index (κ2) is 8.03. The second-order valence-electron chi connectivity index (χ2n) is 5.54. The molecule has 0 unspecified atom stereocenters. The SMILES string of the molecule is CCNC(=O)N(Cc1cccc(OS(C)(=O)=O)c1)CC(C)C. The third-order valence-corrected chi connectivity index (χ3v) is 3.22. The summed E-state index contributed by atoms with van der Waals surface area (Å²) >= 11 is 0. The number of hydrogen-bond acceptors (Lipinski definition) is 4. The molecule has 1 rings (SSSR count). The summed E-state index contributed by atoms with van der Waals surface area (Å²) in [5.74, 6) is 0.582. The molecule has 0 fully saturated rings. The fourth-order valence-corrected chi connectivity index (χ4v) is 2.47. The first kappa shape index (κ1) is 18.3. The molecule has 7 heteroatoms. The Labute approximate surface area is 132 Å². The summed E-state index contributed by atoms with van der Waals surface area (Å²) in [6, 6.07) is 6.62. The lowest BCUT2D eigenvalue weighted by atomic mass is 10.1. The van der Waals surface area contributed by atoms with Gasteiger partial charge < -0.3 is 14.4 Å². The summed E-state index contributed by atoms with van der Waals surface area (Å²) in [4.78, 5) is 13.8. The Hall–Kier alpha value is -1.76. The van der Waals surface area contributed by atoms with Crippen molar-refractivity contribution in [3.63, 3.8) is 0 Å². The Morgan fingerprint density at radius 1 is 1.36 bits per heavy atom. The van der Waals surface area contributed by atoms with Gasteiger partial charge in [0.2, 0.25) is 0 Å². The molecular weight excluding hydrogens is 304 g/mol. The van der Waals surface area contributed by atoms with Crippen LogP contribution < -0.4 is 9.50 Å². The van der Waals surface area contributed by atoms with E-state index in [4.69, 9.17) is 4.18 Å². The highest BCUT2D eigenvalue weighted by atomic mass is 32.2. The zero-order valence-corrected chi connectivity index (χ0v) is 14.3. The molecule has 1 aromatic rings. The standard InChI is InChI=1S/C15H24N2O4S/c1-5-16-15(18)17(10-12(2)3)11-13-7-6-8-14(9-13)21-22(4,19)20/h6-9,12H,5,10-11H2,1-4H3,(H,16,18). The van der Waals surface area contributed by atoms with E-state index in [0.717, 1.165) is 11.8 Å². The average Bonchev–Trinajstić information content (AvgIpc) is 2.36. The number of carbonyl (C=O) groups excluding carboxylic acids is 1. The Bertz CT molecular complexity index is 599. The van der Waals surface area contributed by atoms with E-state index in [2.05, 4.69) is 5.32 Å². The van der Waals surface area contributed by atoms with Crippen molar-refractivity contribution in [2.75, 3.05) is 19.3 Å². The number of carbonyl (C=O) groups is 1. The zero-order chi connectivity index (χ0) is 16.8. The van der Waals surface area contributed by atoms with Crippen molar-refractivity contribution >= 4 is 16.1 Å². The molecule has 124 valence electrons. The number of nitrogens with zero attached hydrogens (tertiary/aromatic N) is 1. The lowest BCUT2D eigenvalue weighted by Crippen LogP contribution is -2.41. The third-order valence-electron chi connectivity index (χ3n) is 2.72. The third kappa shape index (κ3) is 6.80. The molecule has 0 spiro atoms. The van der Waals surface area contributed by atoms with Gasteiger partial charge in [-0.05, 0) is 30.5 Å². The highest BCUT2D eigenvalue weighted by molar-refractivity contribution is 7.86. The molecule has 6 nitrogen and oxygen atoms in total. The summed E-state index contributed by atoms with van der Waals surface area (Å²) in [5, 5.41) is 2.78. The molecule has 22 heavy (non-hydrogen) atoms. The van der Waals surface area contributed by atoms with Crippen LogP contribution in [0.1, 0.15) is 26.3 Å². The zero-order valence-electron chi connectivity index (χ0n) is 13.5. The second-order valence-corrected chi connectivity index (χ2v) is 7.12. The molecule has 1 N–H and O–H groups in total. The largest absolute Gasteiger partial charge is 0.383 e. The van der Waals surface area contributed by atoms with E-state index in [1.807, 2.05) is 26.8 Å². The Morgan fingerprint density at radius 2 is 2.05 bits per heavy atom. The van der Waals surface area contributed by atoms with E-state index in [-0.39, 0.29) is 11.8 Å². The van der Waals surface area contributed by atoms with Gasteiger partial charge in [-0.1, -0.05) is 26.0 Å². The van der Waals surface area contributed by atoms with Gasteiger partial charge in [0, 0.05) is 19.6 Å². The molecule has 0 aliphatic heterocycles. The van der Waals surface area contributed by atoms with E-state index in [1.54, 1.807) is 23.1 Å². The maximum absolute atomic E-state index is 12.1. The predicted octanol–water partition coefficient (Wildman–Crippen LogP) is 2.21. The van der Waals surface area contributed by atoms with Gasteiger partial charge in [0.05, 0.1) is 6.26 Å². The van der Waals surface area contributed by atoms with Crippen LogP contribution in [-0.4, -0.2) is 38.7 Å². The van der Waals surface area contributed by atoms with E-state index >= 15 is 0 Å². The first-order chi connectivity index (χ1) is 10.2. The maximum Gasteiger partial charge on any atom is 0.317 e. The summed E-state index contributed by atoms with van der Waals surface area (Å²) in [6.07, 6.45) is 0.999. The maximum atomic E-state index is 12.1. The Morgan fingerprint density at radius 3 is 2.59 bits per heavy atom. The van der Waals surface area contributed by atoms with Gasteiger partial charge in [0.15, 0.2) is 0 Å². The van der Waals surface area contributed by atoms with Gasteiger partial charge in [-0.15, -0.1) is 0 Å². The number of amides is 2. The van der Waals surface area contributed by atoms with Gasteiger partial charge >= 0.3 is 16.1 Å². The number of urea groups is 1. The lowest BCUT2D eigenvalue weighted by Gasteiger charge is -2.25. The first-order valence-electron chi connectivity index (χ1n) is 7.22. The first-order valence-corrected chi connectivity index (χ1v) is 9.04. The van der Waals surface area contributed by atoms with Crippen molar-refractivity contribution in [3.05, 3.63) is 29.8 Å². The minimum atomic E-state index is -3.56. The molecule has 0 radical (unpaired) electrons. The van der Waals surface area contributed by atoms with Crippen molar-refractivity contribution in [2.24, 2.45) is 5.92 Å². The molecule has 0 bridgehead atoms. The predicted molar refractivity (Wildman–Crippen MR) is 86.2 cm³/mol. The molecule has 0 saturated carbocycles. The number of benzene rings is 1. The van der Waals surface area contributed by atoms with Crippen LogP contribution >= 0.6 is 0 Å². The molecule has 0 saturated heterocycles. The monoisotopic (exact) mass is 328 g/mol. The van der Waals surface area contributed by atoms with E-state index in [1.165, 1.54) is 0 Å². The molecule has 0 atom stereocenters. The molecule has 0 aliphatic carbocycles. The van der Waals surface area contributed by atoms with Crippen molar-refractivity contribution in [1.82, 2.24) is 10.2 Å². The number of hydrogen-bond donors (Lipinski definition) is 1. The van der Waals surface area contributed by atoms with E-state index in [0.29, 0.717) is 25.6 Å². The quantitative estimate of drug-likeness (QED) is 0.779. The molecule has 0 heterocycles. The lowest BCUT2D eigenvalue weighted by molar-refractivity contribution is 0.188. The van der Waals surface area contributed by atoms with Crippen LogP contribution in [0.2, 0.25) is 0 Å². The topological polar surface area (TPSA) is 75.7 Å². The molecular formula is C15H24N2O4S. The average molecular weight is 328 g/mol. The van der Waals surface area contributed by atoms with Gasteiger partial charge in [0.1, 0.15) is 5.75 Å². The van der Waals surface area contributed by atoms with Crippen LogP contribution in [0, 0.1) is 5.92 Å². The smallest absolute Gasteiger partial charge is 0.317 e. The molecule has 0 aliphatic rings.